The number of non-ortho nitro benzene ring substituents is 1. The van der Waals surface area contributed by atoms with E-state index in [0.29, 0.717) is 16.4 Å². The Morgan fingerprint density at radius 1 is 0.846 bits per heavy atom. The molecule has 2 bridgehead atoms. The van der Waals surface area contributed by atoms with Crippen LogP contribution in [0.4, 0.5) is 17.1 Å². The molecule has 0 N–H and O–H groups in total. The second kappa shape index (κ2) is 8.44. The molecule has 0 spiro atoms. The molecule has 8 heteroatoms. The molecule has 4 aromatic rings. The van der Waals surface area contributed by atoms with Crippen LogP contribution in [-0.2, 0) is 15.0 Å². The van der Waals surface area contributed by atoms with E-state index in [-0.39, 0.29) is 23.4 Å². The predicted molar refractivity (Wildman–Crippen MR) is 148 cm³/mol. The summed E-state index contributed by atoms with van der Waals surface area (Å²) >= 11 is 6.49. The van der Waals surface area contributed by atoms with Gasteiger partial charge in [0, 0.05) is 24.3 Å². The van der Waals surface area contributed by atoms with Crippen molar-refractivity contribution in [1.82, 2.24) is 0 Å². The van der Waals surface area contributed by atoms with E-state index in [9.17, 15) is 19.7 Å². The maximum absolute atomic E-state index is 14.4. The molecule has 0 saturated carbocycles. The molecule has 2 atom stereocenters. The summed E-state index contributed by atoms with van der Waals surface area (Å²) in [5.41, 5.74) is 3.37. The number of amides is 2. The van der Waals surface area contributed by atoms with Gasteiger partial charge in [0.25, 0.3) is 5.69 Å². The second-order valence-electron chi connectivity index (χ2n) is 10.0. The summed E-state index contributed by atoms with van der Waals surface area (Å²) < 4.78 is 0. The Morgan fingerprint density at radius 3 is 2.15 bits per heavy atom. The first-order chi connectivity index (χ1) is 18.9. The summed E-state index contributed by atoms with van der Waals surface area (Å²) in [4.78, 5) is 45.4. The van der Waals surface area contributed by atoms with Gasteiger partial charge in [0.05, 0.1) is 38.6 Å². The Labute approximate surface area is 228 Å². The molecule has 1 heterocycles. The van der Waals surface area contributed by atoms with Crippen LogP contribution in [0, 0.1) is 22.0 Å². The summed E-state index contributed by atoms with van der Waals surface area (Å²) in [6.07, 6.45) is 1.72. The third kappa shape index (κ3) is 3.14. The molecule has 39 heavy (non-hydrogen) atoms. The number of para-hydroxylation sites is 1. The Kier molecular flexibility index (Phi) is 5.09. The predicted octanol–water partition coefficient (Wildman–Crippen LogP) is 6.20. The molecule has 0 unspecified atom stereocenters. The van der Waals surface area contributed by atoms with E-state index in [1.165, 1.54) is 17.0 Å². The van der Waals surface area contributed by atoms with Gasteiger partial charge < -0.3 is 0 Å². The topological polar surface area (TPSA) is 92.9 Å². The minimum absolute atomic E-state index is 0.0785. The number of imide groups is 1. The monoisotopic (exact) mass is 533 g/mol. The van der Waals surface area contributed by atoms with E-state index in [1.807, 2.05) is 48.5 Å². The molecule has 3 aliphatic carbocycles. The van der Waals surface area contributed by atoms with Gasteiger partial charge in [0.2, 0.25) is 11.8 Å². The van der Waals surface area contributed by atoms with Crippen molar-refractivity contribution < 1.29 is 14.5 Å². The highest BCUT2D eigenvalue weighted by molar-refractivity contribution is 6.36. The lowest BCUT2D eigenvalue weighted by atomic mass is 9.47. The van der Waals surface area contributed by atoms with E-state index < -0.39 is 22.2 Å². The average molecular weight is 534 g/mol. The van der Waals surface area contributed by atoms with Crippen LogP contribution in [-0.4, -0.2) is 23.0 Å². The molecule has 4 aliphatic rings. The van der Waals surface area contributed by atoms with Crippen LogP contribution in [0.15, 0.2) is 102 Å². The lowest BCUT2D eigenvalue weighted by molar-refractivity contribution is -0.384. The van der Waals surface area contributed by atoms with Crippen molar-refractivity contribution in [3.8, 4) is 0 Å². The van der Waals surface area contributed by atoms with Crippen molar-refractivity contribution in [2.45, 2.75) is 11.3 Å². The maximum atomic E-state index is 14.4. The number of halogens is 1. The number of benzene rings is 4. The molecule has 1 saturated heterocycles. The standard InChI is InChI=1S/C31H20ClN3O4/c32-24-14-5-6-15-25(24)34-29(36)27-26-20-10-1-3-12-22(20)31(28(27)30(34)37,23-13-4-2-11-21(23)26)17-33-18-8-7-9-19(16-18)35(38)39/h1-17,26-28H/t26?,27-,28+,31?/m0/s1. The number of aliphatic imine (C=N–C) groups is 1. The number of hydrogen-bond donors (Lipinski definition) is 0. The van der Waals surface area contributed by atoms with Crippen LogP contribution in [0.3, 0.4) is 0 Å². The average Bonchev–Trinajstić information content (AvgIpc) is 3.23. The molecule has 1 fully saturated rings. The van der Waals surface area contributed by atoms with Crippen molar-refractivity contribution in [3.05, 3.63) is 134 Å². The molecule has 2 amide bonds. The van der Waals surface area contributed by atoms with Crippen molar-refractivity contribution in [2.24, 2.45) is 16.8 Å². The number of anilines is 1. The van der Waals surface area contributed by atoms with Gasteiger partial charge in [-0.2, -0.15) is 0 Å². The molecule has 1 aliphatic heterocycles. The van der Waals surface area contributed by atoms with Gasteiger partial charge in [0.1, 0.15) is 0 Å². The van der Waals surface area contributed by atoms with Crippen LogP contribution in [0.1, 0.15) is 28.2 Å². The summed E-state index contributed by atoms with van der Waals surface area (Å²) in [5, 5.41) is 11.7. The largest absolute Gasteiger partial charge is 0.274 e. The molecular weight excluding hydrogens is 514 g/mol. The van der Waals surface area contributed by atoms with Crippen molar-refractivity contribution in [3.63, 3.8) is 0 Å². The Morgan fingerprint density at radius 2 is 1.49 bits per heavy atom. The molecule has 0 radical (unpaired) electrons. The molecular formula is C31H20ClN3O4. The number of nitro benzene ring substituents is 1. The van der Waals surface area contributed by atoms with Crippen LogP contribution < -0.4 is 4.90 Å². The molecule has 8 rings (SSSR count). The van der Waals surface area contributed by atoms with Gasteiger partial charge in [-0.05, 0) is 40.5 Å². The van der Waals surface area contributed by atoms with E-state index in [0.717, 1.165) is 22.3 Å². The Balaban J connectivity index is 1.50. The summed E-state index contributed by atoms with van der Waals surface area (Å²) in [5.74, 6) is -2.36. The molecule has 190 valence electrons. The van der Waals surface area contributed by atoms with Crippen molar-refractivity contribution in [1.29, 1.82) is 0 Å². The van der Waals surface area contributed by atoms with Crippen LogP contribution in [0.25, 0.3) is 0 Å². The number of nitrogens with zero attached hydrogens (tertiary/aromatic N) is 3. The molecule has 0 aromatic heterocycles. The Bertz CT molecular complexity index is 1700. The number of carbonyl (C=O) groups is 2. The van der Waals surface area contributed by atoms with Crippen LogP contribution >= 0.6 is 11.6 Å². The minimum Gasteiger partial charge on any atom is -0.274 e. The first kappa shape index (κ1) is 23.5. The Hall–Kier alpha value is -4.62. The normalized spacial score (nSPS) is 24.5. The maximum Gasteiger partial charge on any atom is 0.271 e. The van der Waals surface area contributed by atoms with Crippen LogP contribution in [0.5, 0.6) is 0 Å². The lowest BCUT2D eigenvalue weighted by Crippen LogP contribution is -2.54. The van der Waals surface area contributed by atoms with Crippen LogP contribution in [0.2, 0.25) is 5.02 Å². The lowest BCUT2D eigenvalue weighted by Gasteiger charge is -2.52. The molecule has 7 nitrogen and oxygen atoms in total. The third-order valence-corrected chi connectivity index (χ3v) is 8.55. The second-order valence-corrected chi connectivity index (χ2v) is 10.4. The summed E-state index contributed by atoms with van der Waals surface area (Å²) in [6.45, 7) is 0. The number of carbonyl (C=O) groups excluding carboxylic acids is 2. The van der Waals surface area contributed by atoms with Gasteiger partial charge in [0.15, 0.2) is 0 Å². The highest BCUT2D eigenvalue weighted by atomic mass is 35.5. The van der Waals surface area contributed by atoms with E-state index in [1.54, 1.807) is 42.6 Å². The van der Waals surface area contributed by atoms with Gasteiger partial charge in [-0.1, -0.05) is 78.3 Å². The number of hydrogen-bond acceptors (Lipinski definition) is 5. The highest BCUT2D eigenvalue weighted by Gasteiger charge is 2.68. The van der Waals surface area contributed by atoms with Gasteiger partial charge in [-0.15, -0.1) is 0 Å². The fraction of sp³-hybridized carbons (Fsp3) is 0.129. The first-order valence-corrected chi connectivity index (χ1v) is 12.9. The summed E-state index contributed by atoms with van der Waals surface area (Å²) in [6, 6.07) is 28.6. The fourth-order valence-electron chi connectivity index (χ4n) is 6.78. The zero-order valence-electron chi connectivity index (χ0n) is 20.4. The zero-order valence-corrected chi connectivity index (χ0v) is 21.2. The fourth-order valence-corrected chi connectivity index (χ4v) is 7.00. The highest BCUT2D eigenvalue weighted by Crippen LogP contribution is 2.64. The molecule has 4 aromatic carbocycles. The summed E-state index contributed by atoms with van der Waals surface area (Å²) in [7, 11) is 0. The first-order valence-electron chi connectivity index (χ1n) is 12.5. The number of nitro groups is 1. The van der Waals surface area contributed by atoms with Crippen molar-refractivity contribution >= 4 is 46.7 Å². The van der Waals surface area contributed by atoms with Crippen molar-refractivity contribution in [2.75, 3.05) is 4.90 Å². The van der Waals surface area contributed by atoms with E-state index >= 15 is 0 Å². The quantitative estimate of drug-likeness (QED) is 0.135. The zero-order chi connectivity index (χ0) is 26.9. The van der Waals surface area contributed by atoms with Gasteiger partial charge in [-0.3, -0.25) is 24.7 Å². The van der Waals surface area contributed by atoms with E-state index in [4.69, 9.17) is 16.6 Å². The third-order valence-electron chi connectivity index (χ3n) is 8.23. The van der Waals surface area contributed by atoms with E-state index in [2.05, 4.69) is 0 Å². The smallest absolute Gasteiger partial charge is 0.271 e. The minimum atomic E-state index is -1.07. The number of rotatable bonds is 4. The van der Waals surface area contributed by atoms with Gasteiger partial charge >= 0.3 is 0 Å². The SMILES string of the molecule is O=C1[C@H]2C3c4ccccc4C(C=Nc4cccc([N+](=O)[O-])c4)(c4ccccc43)[C@H]2C(=O)N1c1ccccc1Cl. The van der Waals surface area contributed by atoms with Gasteiger partial charge in [-0.25, -0.2) is 4.90 Å².